The van der Waals surface area contributed by atoms with Gasteiger partial charge in [-0.25, -0.2) is 4.79 Å². The highest BCUT2D eigenvalue weighted by Crippen LogP contribution is 2.73. The summed E-state index contributed by atoms with van der Waals surface area (Å²) in [4.78, 5) is 11.4. The highest BCUT2D eigenvalue weighted by atomic mass is 16.6. The maximum atomic E-state index is 11.4. The molecule has 1 aromatic rings. The van der Waals surface area contributed by atoms with Crippen LogP contribution in [-0.2, 0) is 4.74 Å². The second-order valence-electron chi connectivity index (χ2n) is 10.8. The largest absolute Gasteiger partial charge is 0.431 e. The fourth-order valence-electron chi connectivity index (χ4n) is 8.86. The zero-order valence-electron chi connectivity index (χ0n) is 16.7. The second-order valence-corrected chi connectivity index (χ2v) is 10.8. The minimum atomic E-state index is -0.232. The number of rotatable bonds is 1. The van der Waals surface area contributed by atoms with Gasteiger partial charge >= 0.3 is 5.63 Å². The molecule has 3 nitrogen and oxygen atoms in total. The van der Waals surface area contributed by atoms with Gasteiger partial charge in [0.1, 0.15) is 5.60 Å². The second kappa shape index (κ2) is 5.28. The quantitative estimate of drug-likeness (QED) is 0.633. The maximum Gasteiger partial charge on any atom is 0.335 e. The van der Waals surface area contributed by atoms with E-state index in [0.717, 1.165) is 17.8 Å². The van der Waals surface area contributed by atoms with Crippen molar-refractivity contribution in [2.75, 3.05) is 0 Å². The molecule has 2 unspecified atom stereocenters. The maximum absolute atomic E-state index is 11.4. The van der Waals surface area contributed by atoms with Crippen LogP contribution in [0.25, 0.3) is 0 Å². The fraction of sp³-hybridized carbons (Fsp3) is 0.792. The lowest BCUT2D eigenvalue weighted by molar-refractivity contribution is -0.107. The molecule has 0 aromatic carbocycles. The Morgan fingerprint density at radius 3 is 2.67 bits per heavy atom. The van der Waals surface area contributed by atoms with Gasteiger partial charge in [-0.05, 0) is 92.1 Å². The van der Waals surface area contributed by atoms with Gasteiger partial charge in [0, 0.05) is 11.5 Å². The summed E-state index contributed by atoms with van der Waals surface area (Å²) in [6.07, 6.45) is 14.3. The Labute approximate surface area is 161 Å². The third-order valence-electron chi connectivity index (χ3n) is 10.2. The van der Waals surface area contributed by atoms with Crippen LogP contribution >= 0.6 is 0 Å². The summed E-state index contributed by atoms with van der Waals surface area (Å²) in [7, 11) is 0. The summed E-state index contributed by atoms with van der Waals surface area (Å²) in [6.45, 7) is 5.13. The lowest BCUT2D eigenvalue weighted by atomic mass is 9.44. The minimum Gasteiger partial charge on any atom is -0.431 e. The van der Waals surface area contributed by atoms with E-state index in [1.165, 1.54) is 63.4 Å². The lowest BCUT2D eigenvalue weighted by Crippen LogP contribution is -2.56. The van der Waals surface area contributed by atoms with Crippen LogP contribution in [0.2, 0.25) is 0 Å². The molecule has 3 heteroatoms. The molecule has 4 aliphatic carbocycles. The molecule has 5 fully saturated rings. The first-order chi connectivity index (χ1) is 13.0. The topological polar surface area (TPSA) is 42.7 Å². The number of epoxide rings is 1. The lowest BCUT2D eigenvalue weighted by Gasteiger charge is -2.59. The minimum absolute atomic E-state index is 0.232. The standard InChI is InChI=1S/C24H32O3/c1-22-12-10-19-16(9-13-24-20(27-24)4-3-11-23(19,24)2)18(22)7-6-17(22)15-5-8-21(25)26-14-15/h5,8,14,16-20H,3-4,6-7,9-13H2,1-2H3/t16-,17+,18+,19-,20?,22+,23+,24?/m0/s1. The van der Waals surface area contributed by atoms with Crippen LogP contribution in [0.1, 0.15) is 83.1 Å². The van der Waals surface area contributed by atoms with Crippen LogP contribution in [0, 0.1) is 28.6 Å². The van der Waals surface area contributed by atoms with Crippen LogP contribution in [0.3, 0.4) is 0 Å². The van der Waals surface area contributed by atoms with Crippen molar-refractivity contribution >= 4 is 0 Å². The van der Waals surface area contributed by atoms with E-state index in [1.54, 1.807) is 12.3 Å². The van der Waals surface area contributed by atoms with Gasteiger partial charge < -0.3 is 9.15 Å². The van der Waals surface area contributed by atoms with E-state index in [-0.39, 0.29) is 11.2 Å². The molecule has 5 aliphatic rings. The molecule has 8 atom stereocenters. The van der Waals surface area contributed by atoms with Gasteiger partial charge in [-0.3, -0.25) is 0 Å². The van der Waals surface area contributed by atoms with Crippen LogP contribution in [0.4, 0.5) is 0 Å². The Hall–Kier alpha value is -1.09. The summed E-state index contributed by atoms with van der Waals surface area (Å²) in [5.74, 6) is 3.08. The Bertz CT molecular complexity index is 809. The summed E-state index contributed by atoms with van der Waals surface area (Å²) in [6, 6.07) is 3.63. The molecule has 0 N–H and O–H groups in total. The molecular formula is C24H32O3. The number of ether oxygens (including phenoxy) is 1. The van der Waals surface area contributed by atoms with E-state index in [0.29, 0.717) is 22.9 Å². The summed E-state index contributed by atoms with van der Waals surface area (Å²) < 4.78 is 11.7. The Morgan fingerprint density at radius 2 is 1.85 bits per heavy atom. The predicted molar refractivity (Wildman–Crippen MR) is 104 cm³/mol. The normalized spacial score (nSPS) is 53.0. The fourth-order valence-corrected chi connectivity index (χ4v) is 8.86. The van der Waals surface area contributed by atoms with Gasteiger partial charge in [-0.15, -0.1) is 0 Å². The molecule has 1 aliphatic heterocycles. The predicted octanol–water partition coefficient (Wildman–Crippen LogP) is 5.29. The van der Waals surface area contributed by atoms with Crippen molar-refractivity contribution in [1.29, 1.82) is 0 Å². The first kappa shape index (κ1) is 16.8. The summed E-state index contributed by atoms with van der Waals surface area (Å²) in [5.41, 5.74) is 2.04. The van der Waals surface area contributed by atoms with Crippen molar-refractivity contribution < 1.29 is 9.15 Å². The highest BCUT2D eigenvalue weighted by molar-refractivity contribution is 5.25. The Kier molecular flexibility index (Phi) is 3.29. The average Bonchev–Trinajstić information content (AvgIpc) is 3.28. The first-order valence-electron chi connectivity index (χ1n) is 11.2. The molecule has 2 heterocycles. The molecule has 146 valence electrons. The van der Waals surface area contributed by atoms with Gasteiger partial charge in [0.2, 0.25) is 0 Å². The smallest absolute Gasteiger partial charge is 0.335 e. The SMILES string of the molecule is C[C@]12CC[C@H]3[C@@H](CCC45OC4CCC[C@]35C)[C@H]1CC[C@@H]2c1ccc(=O)oc1. The van der Waals surface area contributed by atoms with Crippen LogP contribution in [-0.4, -0.2) is 11.7 Å². The van der Waals surface area contributed by atoms with Gasteiger partial charge in [0.25, 0.3) is 0 Å². The van der Waals surface area contributed by atoms with E-state index in [9.17, 15) is 4.79 Å². The number of fused-ring (bicyclic) bond motifs is 4. The molecule has 1 aromatic heterocycles. The molecule has 1 saturated heterocycles. The average molecular weight is 369 g/mol. The monoisotopic (exact) mass is 368 g/mol. The van der Waals surface area contributed by atoms with Crippen LogP contribution in [0.5, 0.6) is 0 Å². The van der Waals surface area contributed by atoms with Gasteiger partial charge in [0.15, 0.2) is 0 Å². The molecule has 0 amide bonds. The van der Waals surface area contributed by atoms with Crippen molar-refractivity contribution in [1.82, 2.24) is 0 Å². The van der Waals surface area contributed by atoms with Crippen LogP contribution < -0.4 is 5.63 Å². The molecule has 27 heavy (non-hydrogen) atoms. The Balaban J connectivity index is 1.33. The van der Waals surface area contributed by atoms with Crippen molar-refractivity contribution in [3.05, 3.63) is 34.4 Å². The van der Waals surface area contributed by atoms with E-state index in [4.69, 9.17) is 9.15 Å². The van der Waals surface area contributed by atoms with Crippen molar-refractivity contribution in [3.8, 4) is 0 Å². The van der Waals surface area contributed by atoms with Gasteiger partial charge in [-0.1, -0.05) is 20.3 Å². The number of hydrogen-bond acceptors (Lipinski definition) is 3. The molecular weight excluding hydrogens is 336 g/mol. The van der Waals surface area contributed by atoms with Gasteiger partial charge in [-0.2, -0.15) is 0 Å². The van der Waals surface area contributed by atoms with E-state index in [1.807, 2.05) is 6.07 Å². The zero-order valence-corrected chi connectivity index (χ0v) is 16.7. The third-order valence-corrected chi connectivity index (χ3v) is 10.2. The van der Waals surface area contributed by atoms with E-state index in [2.05, 4.69) is 13.8 Å². The summed E-state index contributed by atoms with van der Waals surface area (Å²) in [5, 5.41) is 0. The number of hydrogen-bond donors (Lipinski definition) is 0. The third kappa shape index (κ3) is 2.00. The molecule has 1 spiro atoms. The highest BCUT2D eigenvalue weighted by Gasteiger charge is 2.73. The van der Waals surface area contributed by atoms with E-state index >= 15 is 0 Å². The van der Waals surface area contributed by atoms with E-state index < -0.39 is 0 Å². The first-order valence-corrected chi connectivity index (χ1v) is 11.2. The van der Waals surface area contributed by atoms with Crippen molar-refractivity contribution in [2.45, 2.75) is 89.3 Å². The van der Waals surface area contributed by atoms with Crippen molar-refractivity contribution in [2.24, 2.45) is 28.6 Å². The molecule has 6 rings (SSSR count). The van der Waals surface area contributed by atoms with Gasteiger partial charge in [0.05, 0.1) is 12.4 Å². The van der Waals surface area contributed by atoms with Crippen LogP contribution in [0.15, 0.2) is 27.6 Å². The molecule has 4 saturated carbocycles. The zero-order chi connectivity index (χ0) is 18.4. The summed E-state index contributed by atoms with van der Waals surface area (Å²) >= 11 is 0. The Morgan fingerprint density at radius 1 is 0.963 bits per heavy atom. The van der Waals surface area contributed by atoms with Crippen molar-refractivity contribution in [3.63, 3.8) is 0 Å². The molecule has 0 bridgehead atoms. The molecule has 0 radical (unpaired) electrons.